The van der Waals surface area contributed by atoms with E-state index in [0.29, 0.717) is 124 Å². The first-order valence-electron chi connectivity index (χ1n) is 41.4. The number of hydrogen-bond acceptors (Lipinski definition) is 18. The number of phenols is 18. The van der Waals surface area contributed by atoms with E-state index in [1.54, 1.807) is 176 Å². The average molecular weight is 1700 g/mol. The van der Waals surface area contributed by atoms with Gasteiger partial charge >= 0.3 is 0 Å². The molecule has 0 amide bonds. The summed E-state index contributed by atoms with van der Waals surface area (Å²) in [6, 6.07) is 94.4. The van der Waals surface area contributed by atoms with Crippen molar-refractivity contribution in [1.29, 1.82) is 0 Å². The Bertz CT molecular complexity index is 6770. The van der Waals surface area contributed by atoms with E-state index in [2.05, 4.69) is 0 Å². The van der Waals surface area contributed by atoms with Gasteiger partial charge < -0.3 is 91.9 Å². The average Bonchev–Trinajstić information content (AvgIpc) is 0.685. The fourth-order valence-corrected chi connectivity index (χ4v) is 16.2. The largest absolute Gasteiger partial charge is 0.508 e. The zero-order valence-electron chi connectivity index (χ0n) is 69.3. The summed E-state index contributed by atoms with van der Waals surface area (Å²) in [5.41, 5.74) is 17.1. The Morgan fingerprint density at radius 3 is 0.719 bits per heavy atom. The number of phenolic OH excluding ortho intramolecular Hbond substituents is 18. The molecule has 18 rings (SSSR count). The summed E-state index contributed by atoms with van der Waals surface area (Å²) in [6.45, 7) is 0. The molecule has 0 bridgehead atoms. The Labute approximate surface area is 737 Å². The molecule has 128 heavy (non-hydrogen) atoms. The molecule has 0 radical (unpaired) electrons. The molecule has 0 aliphatic heterocycles. The molecule has 0 heterocycles. The molecule has 0 fully saturated rings. The summed E-state index contributed by atoms with van der Waals surface area (Å²) < 4.78 is 0. The third kappa shape index (κ3) is 20.8. The number of hydrogen-bond donors (Lipinski definition) is 18. The van der Waals surface area contributed by atoms with Gasteiger partial charge in [-0.3, -0.25) is 0 Å². The van der Waals surface area contributed by atoms with Gasteiger partial charge in [0.25, 0.3) is 0 Å². The fourth-order valence-electron chi connectivity index (χ4n) is 16.2. The van der Waals surface area contributed by atoms with Crippen LogP contribution in [0.5, 0.6) is 103 Å². The molecular formula is C110H92O18. The van der Waals surface area contributed by atoms with Crippen molar-refractivity contribution in [1.82, 2.24) is 0 Å². The first-order valence-corrected chi connectivity index (χ1v) is 41.4. The maximum absolute atomic E-state index is 11.8. The Hall–Kier alpha value is -16.6. The van der Waals surface area contributed by atoms with E-state index in [9.17, 15) is 91.9 Å². The molecule has 0 atom stereocenters. The summed E-state index contributed by atoms with van der Waals surface area (Å²) in [6.07, 6.45) is 4.77. The van der Waals surface area contributed by atoms with Gasteiger partial charge in [0, 0.05) is 70.8 Å². The van der Waals surface area contributed by atoms with E-state index in [-0.39, 0.29) is 103 Å². The monoisotopic (exact) mass is 1700 g/mol. The minimum absolute atomic E-state index is 0.0143. The number of aromatic hydroxyl groups is 18. The molecule has 0 saturated heterocycles. The lowest BCUT2D eigenvalue weighted by atomic mass is 9.85. The molecule has 0 spiro atoms. The summed E-state index contributed by atoms with van der Waals surface area (Å²) in [5.74, 6) is 2.61. The van der Waals surface area contributed by atoms with E-state index in [0.717, 1.165) is 94.4 Å². The molecule has 0 aromatic heterocycles. The van der Waals surface area contributed by atoms with Gasteiger partial charge in [-0.2, -0.15) is 0 Å². The fraction of sp³-hybridized carbons (Fsp3) is 0.0909. The SMILES string of the molecule is Oc1ccc(Cc2cc(Cc3ccc(O)cc3)c3c(Cc4ccc(O)cc4)cc(Cc4ccc(O)cc4)c(O)c3c2O)cc1.Oc1ccc(Cc2cc(Cc3ccc(O)cc3)c3c(O)c(Cc4ccc(O)cc4)ccc3c2O)cc1.Oc1ccc(Cc2ccc3c(O)c(Cc4ccc(O)cc4)ccc3c2O)cc1.Oc1cccc(Cc2cc(O)c3cccc(O)c3c2)c1. The van der Waals surface area contributed by atoms with Crippen LogP contribution in [0.3, 0.4) is 0 Å². The maximum atomic E-state index is 11.8. The molecule has 0 unspecified atom stereocenters. The lowest BCUT2D eigenvalue weighted by Gasteiger charge is -2.20. The third-order valence-corrected chi connectivity index (χ3v) is 22.8. The van der Waals surface area contributed by atoms with E-state index >= 15 is 0 Å². The van der Waals surface area contributed by atoms with Crippen molar-refractivity contribution < 1.29 is 91.9 Å². The molecular weight excluding hydrogens is 1610 g/mol. The zero-order valence-corrected chi connectivity index (χ0v) is 69.3. The zero-order chi connectivity index (χ0) is 89.8. The van der Waals surface area contributed by atoms with Crippen LogP contribution in [0, 0.1) is 0 Å². The molecule has 18 aromatic carbocycles. The van der Waals surface area contributed by atoms with E-state index < -0.39 is 0 Å². The minimum Gasteiger partial charge on any atom is -0.508 e. The molecule has 18 N–H and O–H groups in total. The van der Waals surface area contributed by atoms with Gasteiger partial charge in [0.2, 0.25) is 0 Å². The first kappa shape index (κ1) is 86.3. The Morgan fingerprint density at radius 2 is 0.391 bits per heavy atom. The standard InChI is InChI=1S/C38H32O6.C31H26O5.C24H20O4.C17H14O3/c39-31-9-1-23(2-10-31)17-27-21-29(19-25-5-13-33(41)14-6-25)37(43)36-35(27)28(18-24-3-11-32(40)12-4-24)22-30(38(36)44)20-26-7-15-34(42)16-8-26;32-25-8-1-19(2-9-25)15-22-7-14-28-29(31(22)36)23(16-20-3-10-26(33)11-4-20)18-24(30(28)35)17-21-5-12-27(34)13-6-21;25-19-7-1-15(2-8-19)13-17-5-11-22-21(23(17)27)12-6-18(24(22)28)14-16-3-9-20(26)10-4-16;18-13-4-1-3-11(8-13)7-12-9-15-14(17(20)10-12)5-2-6-16(15)19/h1-16,21-22,39-44H,17-20H2;1-14,18,32-36H,15-17H2;1-12,25-28H,13-14H2;1-6,8-10,18-20H,7H2. The highest BCUT2D eigenvalue weighted by molar-refractivity contribution is 6.01. The van der Waals surface area contributed by atoms with Crippen molar-refractivity contribution in [3.63, 3.8) is 0 Å². The smallest absolute Gasteiger partial charge is 0.130 e. The highest BCUT2D eigenvalue weighted by Crippen LogP contribution is 2.47. The summed E-state index contributed by atoms with van der Waals surface area (Å²) in [4.78, 5) is 0. The van der Waals surface area contributed by atoms with Crippen LogP contribution in [0.25, 0.3) is 43.1 Å². The number of fused-ring (bicyclic) bond motifs is 4. The lowest BCUT2D eigenvalue weighted by molar-refractivity contribution is 0.457. The Kier molecular flexibility index (Phi) is 25.9. The van der Waals surface area contributed by atoms with Gasteiger partial charge in [-0.1, -0.05) is 188 Å². The van der Waals surface area contributed by atoms with E-state index in [4.69, 9.17) is 0 Å². The lowest BCUT2D eigenvalue weighted by Crippen LogP contribution is -2.02. The molecule has 0 aliphatic rings. The van der Waals surface area contributed by atoms with E-state index in [1.165, 1.54) is 0 Å². The van der Waals surface area contributed by atoms with Crippen LogP contribution in [-0.2, 0) is 64.2 Å². The second-order valence-corrected chi connectivity index (χ2v) is 32.0. The molecule has 0 saturated carbocycles. The highest BCUT2D eigenvalue weighted by atomic mass is 16.3. The van der Waals surface area contributed by atoms with Crippen molar-refractivity contribution in [3.8, 4) is 103 Å². The Balaban J connectivity index is 0.000000136. The summed E-state index contributed by atoms with van der Waals surface area (Å²) in [7, 11) is 0. The van der Waals surface area contributed by atoms with Crippen molar-refractivity contribution in [2.45, 2.75) is 64.2 Å². The van der Waals surface area contributed by atoms with Crippen LogP contribution in [0.4, 0.5) is 0 Å². The van der Waals surface area contributed by atoms with Crippen molar-refractivity contribution >= 4 is 43.1 Å². The van der Waals surface area contributed by atoms with Crippen molar-refractivity contribution in [3.05, 3.63) is 439 Å². The maximum Gasteiger partial charge on any atom is 0.130 e. The number of benzene rings is 18. The van der Waals surface area contributed by atoms with Crippen molar-refractivity contribution in [2.24, 2.45) is 0 Å². The van der Waals surface area contributed by atoms with Crippen molar-refractivity contribution in [2.75, 3.05) is 0 Å². The molecule has 18 heteroatoms. The quantitative estimate of drug-likeness (QED) is 0.0337. The van der Waals surface area contributed by atoms with Gasteiger partial charge in [0.15, 0.2) is 0 Å². The second kappa shape index (κ2) is 38.4. The highest BCUT2D eigenvalue weighted by Gasteiger charge is 2.25. The molecule has 18 aromatic rings. The van der Waals surface area contributed by atoms with Gasteiger partial charge in [-0.05, 0) is 282 Å². The normalized spacial score (nSPS) is 11.1. The van der Waals surface area contributed by atoms with Crippen LogP contribution < -0.4 is 0 Å². The Morgan fingerprint density at radius 1 is 0.125 bits per heavy atom. The second-order valence-electron chi connectivity index (χ2n) is 32.0. The molecule has 0 aliphatic carbocycles. The summed E-state index contributed by atoms with van der Waals surface area (Å²) >= 11 is 0. The van der Waals surface area contributed by atoms with E-state index in [1.807, 2.05) is 152 Å². The molecule has 640 valence electrons. The first-order chi connectivity index (χ1) is 61.7. The summed E-state index contributed by atoms with van der Waals surface area (Å²) in [5, 5.41) is 189. The number of rotatable bonds is 20. The van der Waals surface area contributed by atoms with Crippen LogP contribution in [0.2, 0.25) is 0 Å². The predicted octanol–water partition coefficient (Wildman–Crippen LogP) is 22.0. The predicted molar refractivity (Wildman–Crippen MR) is 498 cm³/mol. The van der Waals surface area contributed by atoms with Crippen LogP contribution in [-0.4, -0.2) is 91.9 Å². The van der Waals surface area contributed by atoms with Gasteiger partial charge in [0.05, 0.1) is 5.39 Å². The van der Waals surface area contributed by atoms with Crippen LogP contribution in [0.15, 0.2) is 328 Å². The molecule has 18 nitrogen and oxygen atoms in total. The van der Waals surface area contributed by atoms with Crippen LogP contribution in [0.1, 0.15) is 111 Å². The topological polar surface area (TPSA) is 364 Å². The minimum atomic E-state index is -0.0143. The third-order valence-electron chi connectivity index (χ3n) is 22.8. The van der Waals surface area contributed by atoms with Crippen LogP contribution >= 0.6 is 0 Å². The van der Waals surface area contributed by atoms with Gasteiger partial charge in [-0.25, -0.2) is 0 Å². The van der Waals surface area contributed by atoms with Gasteiger partial charge in [-0.15, -0.1) is 0 Å². The van der Waals surface area contributed by atoms with Gasteiger partial charge in [0.1, 0.15) is 103 Å².